The number of hydrogen-bond acceptors (Lipinski definition) is 5. The summed E-state index contributed by atoms with van der Waals surface area (Å²) in [4.78, 5) is 7.94. The summed E-state index contributed by atoms with van der Waals surface area (Å²) in [5.74, 6) is 0.0130. The topological polar surface area (TPSA) is 84.8 Å². The van der Waals surface area contributed by atoms with E-state index in [9.17, 15) is 4.39 Å². The van der Waals surface area contributed by atoms with E-state index in [1.807, 2.05) is 6.07 Å². The van der Waals surface area contributed by atoms with Crippen molar-refractivity contribution in [3.05, 3.63) is 35.8 Å². The van der Waals surface area contributed by atoms with Gasteiger partial charge in [0.05, 0.1) is 12.8 Å². The Labute approximate surface area is 109 Å². The maximum Gasteiger partial charge on any atom is 0.165 e. The molecule has 0 spiro atoms. The number of nitrogens with zero attached hydrogens (tertiary/aromatic N) is 3. The summed E-state index contributed by atoms with van der Waals surface area (Å²) in [5, 5.41) is 8.73. The molecule has 1 heterocycles. The Morgan fingerprint density at radius 2 is 2.26 bits per heavy atom. The van der Waals surface area contributed by atoms with Crippen molar-refractivity contribution in [3.63, 3.8) is 0 Å². The molecule has 19 heavy (non-hydrogen) atoms. The summed E-state index contributed by atoms with van der Waals surface area (Å²) in [5.41, 5.74) is 6.25. The van der Waals surface area contributed by atoms with E-state index in [1.165, 1.54) is 18.3 Å². The molecule has 0 unspecified atom stereocenters. The normalized spacial score (nSPS) is 9.95. The maximum atomic E-state index is 13.7. The third-order valence-corrected chi connectivity index (χ3v) is 2.43. The van der Waals surface area contributed by atoms with E-state index < -0.39 is 5.82 Å². The molecule has 1 aromatic heterocycles. The highest BCUT2D eigenvalue weighted by Gasteiger charge is 2.09. The third kappa shape index (κ3) is 2.60. The molecule has 0 aliphatic rings. The number of halogens is 1. The highest BCUT2D eigenvalue weighted by atomic mass is 19.1. The number of anilines is 1. The Hall–Kier alpha value is -2.68. The van der Waals surface area contributed by atoms with Crippen LogP contribution >= 0.6 is 0 Å². The summed E-state index contributed by atoms with van der Waals surface area (Å²) in [6.45, 7) is 2.16. The number of rotatable bonds is 3. The second kappa shape index (κ2) is 5.31. The van der Waals surface area contributed by atoms with Crippen LogP contribution < -0.4 is 10.5 Å². The van der Waals surface area contributed by atoms with Crippen molar-refractivity contribution in [2.75, 3.05) is 12.3 Å². The summed E-state index contributed by atoms with van der Waals surface area (Å²) in [6, 6.07) is 6.28. The molecular formula is C13H11FN4O. The molecule has 6 heteroatoms. The van der Waals surface area contributed by atoms with Crippen molar-refractivity contribution in [2.45, 2.75) is 6.92 Å². The predicted octanol–water partition coefficient (Wildman–Crippen LogP) is 2.14. The lowest BCUT2D eigenvalue weighted by Gasteiger charge is -2.06. The van der Waals surface area contributed by atoms with Gasteiger partial charge in [-0.1, -0.05) is 0 Å². The predicted molar refractivity (Wildman–Crippen MR) is 67.7 cm³/mol. The molecule has 0 aliphatic carbocycles. The van der Waals surface area contributed by atoms with Crippen molar-refractivity contribution in [1.82, 2.24) is 9.97 Å². The fraction of sp³-hybridized carbons (Fsp3) is 0.154. The SMILES string of the molecule is CCOc1ccc(-c2ncc(C#N)c(N)n2)cc1F. The molecule has 0 fully saturated rings. The zero-order chi connectivity index (χ0) is 13.8. The minimum Gasteiger partial charge on any atom is -0.491 e. The second-order valence-corrected chi connectivity index (χ2v) is 3.68. The molecule has 1 aromatic carbocycles. The molecule has 2 aromatic rings. The lowest BCUT2D eigenvalue weighted by atomic mass is 10.2. The van der Waals surface area contributed by atoms with Gasteiger partial charge >= 0.3 is 0 Å². The number of ether oxygens (including phenoxy) is 1. The summed E-state index contributed by atoms with van der Waals surface area (Å²) in [6.07, 6.45) is 1.31. The first kappa shape index (κ1) is 12.8. The van der Waals surface area contributed by atoms with Crippen LogP contribution in [0.15, 0.2) is 24.4 Å². The van der Waals surface area contributed by atoms with Gasteiger partial charge in [-0.25, -0.2) is 14.4 Å². The van der Waals surface area contributed by atoms with Crippen LogP contribution in [0.5, 0.6) is 5.75 Å². The van der Waals surface area contributed by atoms with Crippen LogP contribution in [0.2, 0.25) is 0 Å². The molecule has 2 N–H and O–H groups in total. The second-order valence-electron chi connectivity index (χ2n) is 3.68. The molecule has 0 amide bonds. The number of nitrogens with two attached hydrogens (primary N) is 1. The zero-order valence-corrected chi connectivity index (χ0v) is 10.2. The van der Waals surface area contributed by atoms with Gasteiger partial charge in [0.15, 0.2) is 17.4 Å². The van der Waals surface area contributed by atoms with Gasteiger partial charge in [0, 0.05) is 5.56 Å². The fourth-order valence-electron chi connectivity index (χ4n) is 1.53. The highest BCUT2D eigenvalue weighted by molar-refractivity contribution is 5.60. The van der Waals surface area contributed by atoms with E-state index in [-0.39, 0.29) is 23.0 Å². The number of nitrogen functional groups attached to an aromatic ring is 1. The van der Waals surface area contributed by atoms with Gasteiger partial charge in [-0.05, 0) is 25.1 Å². The average molecular weight is 258 g/mol. The first-order chi connectivity index (χ1) is 9.15. The molecule has 0 radical (unpaired) electrons. The van der Waals surface area contributed by atoms with Gasteiger partial charge in [-0.15, -0.1) is 0 Å². The molecule has 5 nitrogen and oxygen atoms in total. The quantitative estimate of drug-likeness (QED) is 0.911. The zero-order valence-electron chi connectivity index (χ0n) is 10.2. The van der Waals surface area contributed by atoms with Crippen LogP contribution in [-0.4, -0.2) is 16.6 Å². The van der Waals surface area contributed by atoms with Crippen molar-refractivity contribution in [1.29, 1.82) is 5.26 Å². The largest absolute Gasteiger partial charge is 0.491 e. The number of hydrogen-bond donors (Lipinski definition) is 1. The van der Waals surface area contributed by atoms with Crippen LogP contribution in [-0.2, 0) is 0 Å². The van der Waals surface area contributed by atoms with Crippen LogP contribution in [0.3, 0.4) is 0 Å². The van der Waals surface area contributed by atoms with Gasteiger partial charge in [-0.3, -0.25) is 0 Å². The lowest BCUT2D eigenvalue weighted by Crippen LogP contribution is -2.00. The maximum absolute atomic E-state index is 13.7. The van der Waals surface area contributed by atoms with Crippen LogP contribution in [0.4, 0.5) is 10.2 Å². The third-order valence-electron chi connectivity index (χ3n) is 2.43. The first-order valence-corrected chi connectivity index (χ1v) is 5.61. The minimum atomic E-state index is -0.495. The average Bonchev–Trinajstić information content (AvgIpc) is 2.41. The molecule has 2 rings (SSSR count). The summed E-state index contributed by atoms with van der Waals surface area (Å²) in [7, 11) is 0. The number of nitriles is 1. The fourth-order valence-corrected chi connectivity index (χ4v) is 1.53. The van der Waals surface area contributed by atoms with E-state index in [0.29, 0.717) is 12.2 Å². The summed E-state index contributed by atoms with van der Waals surface area (Å²) >= 11 is 0. The first-order valence-electron chi connectivity index (χ1n) is 5.61. The van der Waals surface area contributed by atoms with Crippen molar-refractivity contribution in [2.24, 2.45) is 0 Å². The van der Waals surface area contributed by atoms with Crippen molar-refractivity contribution in [3.8, 4) is 23.2 Å². The molecule has 0 aliphatic heterocycles. The van der Waals surface area contributed by atoms with E-state index >= 15 is 0 Å². The number of aromatic nitrogens is 2. The Morgan fingerprint density at radius 3 is 2.84 bits per heavy atom. The molecule has 0 saturated carbocycles. The van der Waals surface area contributed by atoms with Crippen molar-refractivity contribution >= 4 is 5.82 Å². The van der Waals surface area contributed by atoms with Gasteiger partial charge < -0.3 is 10.5 Å². The molecule has 96 valence electrons. The monoisotopic (exact) mass is 258 g/mol. The molecule has 0 bridgehead atoms. The Bertz CT molecular complexity index is 652. The van der Waals surface area contributed by atoms with Gasteiger partial charge in [0.1, 0.15) is 17.5 Å². The number of benzene rings is 1. The summed E-state index contributed by atoms with van der Waals surface area (Å²) < 4.78 is 18.8. The standard InChI is InChI=1S/C13H11FN4O/c1-2-19-11-4-3-8(5-10(11)14)13-17-7-9(6-15)12(16)18-13/h3-5,7H,2H2,1H3,(H2,16,17,18). The van der Waals surface area contributed by atoms with E-state index in [2.05, 4.69) is 9.97 Å². The van der Waals surface area contributed by atoms with Crippen LogP contribution in [0.1, 0.15) is 12.5 Å². The lowest BCUT2D eigenvalue weighted by molar-refractivity contribution is 0.321. The molecule has 0 saturated heterocycles. The minimum absolute atomic E-state index is 0.0711. The molecular weight excluding hydrogens is 247 g/mol. The van der Waals surface area contributed by atoms with Gasteiger partial charge in [0.25, 0.3) is 0 Å². The van der Waals surface area contributed by atoms with E-state index in [1.54, 1.807) is 13.0 Å². The van der Waals surface area contributed by atoms with E-state index in [4.69, 9.17) is 15.7 Å². The Balaban J connectivity index is 2.40. The van der Waals surface area contributed by atoms with Crippen LogP contribution in [0, 0.1) is 17.1 Å². The van der Waals surface area contributed by atoms with Gasteiger partial charge in [0.2, 0.25) is 0 Å². The molecule has 0 atom stereocenters. The Kier molecular flexibility index (Phi) is 3.57. The van der Waals surface area contributed by atoms with Crippen LogP contribution in [0.25, 0.3) is 11.4 Å². The van der Waals surface area contributed by atoms with E-state index in [0.717, 1.165) is 0 Å². The Morgan fingerprint density at radius 1 is 1.47 bits per heavy atom. The van der Waals surface area contributed by atoms with Gasteiger partial charge in [-0.2, -0.15) is 5.26 Å². The highest BCUT2D eigenvalue weighted by Crippen LogP contribution is 2.24. The smallest absolute Gasteiger partial charge is 0.165 e. The van der Waals surface area contributed by atoms with Crippen molar-refractivity contribution < 1.29 is 9.13 Å².